The van der Waals surface area contributed by atoms with E-state index in [0.717, 1.165) is 13.1 Å². The molecule has 0 bridgehead atoms. The predicted octanol–water partition coefficient (Wildman–Crippen LogP) is 1.64. The predicted molar refractivity (Wildman–Crippen MR) is 85.7 cm³/mol. The number of ether oxygens (including phenoxy) is 1. The molecular formula is C13H18ClN3O2S. The van der Waals surface area contributed by atoms with Gasteiger partial charge in [0.15, 0.2) is 5.11 Å². The molecule has 1 amide bonds. The van der Waals surface area contributed by atoms with Gasteiger partial charge in [0.05, 0.1) is 18.8 Å². The number of halogens is 1. The highest BCUT2D eigenvalue weighted by Gasteiger charge is 2.19. The number of amides is 1. The highest BCUT2D eigenvalue weighted by Crippen LogP contribution is 2.23. The molecule has 2 N–H and O–H groups in total. The number of anilines is 1. The standard InChI is InChI=1S/C13H17N3O2S.ClH/c1-2-18-11-6-4-3-5-10(11)15-12(17)9-16-8-7-14-13(16)19;/h3-6H,2,7-9H2,1H3,(H,14,19)(H,15,17);1H. The molecule has 1 aromatic rings. The van der Waals surface area contributed by atoms with Gasteiger partial charge in [-0.15, -0.1) is 12.4 Å². The zero-order chi connectivity index (χ0) is 13.7. The number of thiocarbonyl (C=S) groups is 1. The lowest BCUT2D eigenvalue weighted by Crippen LogP contribution is -2.35. The number of hydrogen-bond acceptors (Lipinski definition) is 3. The first-order chi connectivity index (χ1) is 9.20. The second-order valence-corrected chi connectivity index (χ2v) is 4.52. The summed E-state index contributed by atoms with van der Waals surface area (Å²) in [5.74, 6) is 0.582. The van der Waals surface area contributed by atoms with E-state index in [1.54, 1.807) is 0 Å². The summed E-state index contributed by atoms with van der Waals surface area (Å²) in [7, 11) is 0. The topological polar surface area (TPSA) is 53.6 Å². The molecule has 0 radical (unpaired) electrons. The lowest BCUT2D eigenvalue weighted by Gasteiger charge is -2.17. The highest BCUT2D eigenvalue weighted by molar-refractivity contribution is 7.80. The lowest BCUT2D eigenvalue weighted by atomic mass is 10.3. The quantitative estimate of drug-likeness (QED) is 0.809. The molecule has 7 heteroatoms. The van der Waals surface area contributed by atoms with Gasteiger partial charge in [-0.1, -0.05) is 12.1 Å². The van der Waals surface area contributed by atoms with Crippen LogP contribution in [0.5, 0.6) is 5.75 Å². The fourth-order valence-electron chi connectivity index (χ4n) is 1.88. The smallest absolute Gasteiger partial charge is 0.244 e. The Balaban J connectivity index is 0.00000200. The van der Waals surface area contributed by atoms with Crippen LogP contribution < -0.4 is 15.4 Å². The van der Waals surface area contributed by atoms with Gasteiger partial charge in [0.1, 0.15) is 5.75 Å². The van der Waals surface area contributed by atoms with Gasteiger partial charge in [-0.25, -0.2) is 0 Å². The summed E-state index contributed by atoms with van der Waals surface area (Å²) in [6.07, 6.45) is 0. The van der Waals surface area contributed by atoms with Crippen LogP contribution in [0.25, 0.3) is 0 Å². The maximum atomic E-state index is 12.0. The molecule has 1 saturated heterocycles. The SMILES string of the molecule is CCOc1ccccc1NC(=O)CN1CCNC1=S.Cl. The van der Waals surface area contributed by atoms with Crippen LogP contribution in [0.3, 0.4) is 0 Å². The van der Waals surface area contributed by atoms with Crippen molar-refractivity contribution in [2.24, 2.45) is 0 Å². The van der Waals surface area contributed by atoms with Crippen LogP contribution in [0.4, 0.5) is 5.69 Å². The molecule has 110 valence electrons. The maximum absolute atomic E-state index is 12.0. The summed E-state index contributed by atoms with van der Waals surface area (Å²) in [6, 6.07) is 7.39. The van der Waals surface area contributed by atoms with E-state index in [4.69, 9.17) is 17.0 Å². The third-order valence-corrected chi connectivity index (χ3v) is 3.14. The first-order valence-electron chi connectivity index (χ1n) is 6.25. The summed E-state index contributed by atoms with van der Waals surface area (Å²) < 4.78 is 5.46. The Bertz CT molecular complexity index is 484. The van der Waals surface area contributed by atoms with Gasteiger partial charge in [0.25, 0.3) is 0 Å². The van der Waals surface area contributed by atoms with Crippen molar-refractivity contribution in [3.8, 4) is 5.75 Å². The summed E-state index contributed by atoms with van der Waals surface area (Å²) >= 11 is 5.10. The second-order valence-electron chi connectivity index (χ2n) is 4.13. The zero-order valence-corrected chi connectivity index (χ0v) is 12.9. The summed E-state index contributed by atoms with van der Waals surface area (Å²) in [5.41, 5.74) is 0.687. The fourth-order valence-corrected chi connectivity index (χ4v) is 2.13. The zero-order valence-electron chi connectivity index (χ0n) is 11.2. The summed E-state index contributed by atoms with van der Waals surface area (Å²) in [6.45, 7) is 4.28. The van der Waals surface area contributed by atoms with Gasteiger partial charge in [-0.3, -0.25) is 4.79 Å². The minimum Gasteiger partial charge on any atom is -0.492 e. The van der Waals surface area contributed by atoms with E-state index in [9.17, 15) is 4.79 Å². The van der Waals surface area contributed by atoms with Crippen LogP contribution in [-0.4, -0.2) is 42.2 Å². The van der Waals surface area contributed by atoms with Crippen molar-refractivity contribution >= 4 is 41.3 Å². The van der Waals surface area contributed by atoms with Gasteiger partial charge < -0.3 is 20.3 Å². The lowest BCUT2D eigenvalue weighted by molar-refractivity contribution is -0.116. The number of nitrogens with one attached hydrogen (secondary N) is 2. The Morgan fingerprint density at radius 3 is 2.90 bits per heavy atom. The van der Waals surface area contributed by atoms with Crippen molar-refractivity contribution in [1.29, 1.82) is 0 Å². The van der Waals surface area contributed by atoms with Crippen molar-refractivity contribution in [3.05, 3.63) is 24.3 Å². The monoisotopic (exact) mass is 315 g/mol. The normalized spacial score (nSPS) is 13.4. The van der Waals surface area contributed by atoms with Crippen LogP contribution >= 0.6 is 24.6 Å². The van der Waals surface area contributed by atoms with Crippen molar-refractivity contribution in [2.45, 2.75) is 6.92 Å². The third-order valence-electron chi connectivity index (χ3n) is 2.74. The van der Waals surface area contributed by atoms with Gasteiger partial charge in [-0.2, -0.15) is 0 Å². The Morgan fingerprint density at radius 1 is 1.50 bits per heavy atom. The second kappa shape index (κ2) is 7.91. The first kappa shape index (κ1) is 16.5. The van der Waals surface area contributed by atoms with E-state index in [1.807, 2.05) is 36.1 Å². The van der Waals surface area contributed by atoms with Crippen LogP contribution in [0.15, 0.2) is 24.3 Å². The van der Waals surface area contributed by atoms with Crippen molar-refractivity contribution < 1.29 is 9.53 Å². The molecule has 1 aliphatic rings. The number of carbonyl (C=O) groups is 1. The minimum atomic E-state index is -0.0989. The number of benzene rings is 1. The van der Waals surface area contributed by atoms with E-state index >= 15 is 0 Å². The highest BCUT2D eigenvalue weighted by atomic mass is 35.5. The Morgan fingerprint density at radius 2 is 2.25 bits per heavy atom. The molecule has 1 fully saturated rings. The summed E-state index contributed by atoms with van der Waals surface area (Å²) in [4.78, 5) is 13.8. The molecule has 0 unspecified atom stereocenters. The van der Waals surface area contributed by atoms with Crippen LogP contribution in [0.2, 0.25) is 0 Å². The number of nitrogens with zero attached hydrogens (tertiary/aromatic N) is 1. The van der Waals surface area contributed by atoms with Gasteiger partial charge in [-0.05, 0) is 31.3 Å². The van der Waals surface area contributed by atoms with Crippen molar-refractivity contribution in [2.75, 3.05) is 31.6 Å². The Kier molecular flexibility index (Phi) is 6.54. The van der Waals surface area contributed by atoms with Gasteiger partial charge in [0, 0.05) is 13.1 Å². The number of para-hydroxylation sites is 2. The summed E-state index contributed by atoms with van der Waals surface area (Å²) in [5, 5.41) is 6.51. The maximum Gasteiger partial charge on any atom is 0.244 e. The van der Waals surface area contributed by atoms with E-state index in [1.165, 1.54) is 0 Å². The van der Waals surface area contributed by atoms with E-state index in [0.29, 0.717) is 23.2 Å². The molecule has 0 saturated carbocycles. The largest absolute Gasteiger partial charge is 0.492 e. The number of carbonyl (C=O) groups excluding carboxylic acids is 1. The number of hydrogen-bond donors (Lipinski definition) is 2. The van der Waals surface area contributed by atoms with Gasteiger partial charge >= 0.3 is 0 Å². The first-order valence-corrected chi connectivity index (χ1v) is 6.66. The molecular weight excluding hydrogens is 298 g/mol. The molecule has 20 heavy (non-hydrogen) atoms. The molecule has 1 aromatic carbocycles. The molecule has 0 spiro atoms. The van der Waals surface area contributed by atoms with Crippen LogP contribution in [0.1, 0.15) is 6.92 Å². The minimum absolute atomic E-state index is 0. The van der Waals surface area contributed by atoms with E-state index in [2.05, 4.69) is 10.6 Å². The Hall–Kier alpha value is -1.53. The van der Waals surface area contributed by atoms with Gasteiger partial charge in [0.2, 0.25) is 5.91 Å². The average Bonchev–Trinajstić information content (AvgIpc) is 2.78. The fraction of sp³-hybridized carbons (Fsp3) is 0.385. The van der Waals surface area contributed by atoms with E-state index in [-0.39, 0.29) is 24.9 Å². The Labute approximate surface area is 130 Å². The molecule has 2 rings (SSSR count). The molecule has 1 heterocycles. The van der Waals surface area contributed by atoms with Crippen LogP contribution in [0, 0.1) is 0 Å². The molecule has 0 atom stereocenters. The van der Waals surface area contributed by atoms with Crippen molar-refractivity contribution in [1.82, 2.24) is 10.2 Å². The number of rotatable bonds is 5. The average molecular weight is 316 g/mol. The van der Waals surface area contributed by atoms with Crippen molar-refractivity contribution in [3.63, 3.8) is 0 Å². The molecule has 0 aliphatic carbocycles. The molecule has 5 nitrogen and oxygen atoms in total. The molecule has 0 aromatic heterocycles. The third kappa shape index (κ3) is 4.25. The van der Waals surface area contributed by atoms with E-state index < -0.39 is 0 Å². The van der Waals surface area contributed by atoms with Crippen LogP contribution in [-0.2, 0) is 4.79 Å². The molecule has 1 aliphatic heterocycles.